The summed E-state index contributed by atoms with van der Waals surface area (Å²) in [7, 11) is 0. The highest BCUT2D eigenvalue weighted by atomic mass is 16.4. The number of aromatic nitrogens is 2. The van der Waals surface area contributed by atoms with E-state index in [1.165, 1.54) is 6.92 Å². The Morgan fingerprint density at radius 1 is 1.03 bits per heavy atom. The van der Waals surface area contributed by atoms with Crippen LogP contribution in [0, 0.1) is 6.92 Å². The molecule has 0 saturated carbocycles. The Morgan fingerprint density at radius 3 is 2.52 bits per heavy atom. The van der Waals surface area contributed by atoms with Gasteiger partial charge >= 0.3 is 5.97 Å². The van der Waals surface area contributed by atoms with E-state index in [2.05, 4.69) is 22.9 Å². The number of hydrogen-bond acceptors (Lipinski definition) is 3. The monoisotopic (exact) mass is 441 g/mol. The van der Waals surface area contributed by atoms with Crippen LogP contribution >= 0.6 is 0 Å². The Hall–Kier alpha value is -3.93. The number of carbonyl (C=O) groups excluding carboxylic acids is 1. The first-order valence-electron chi connectivity index (χ1n) is 11.1. The normalized spacial score (nSPS) is 11.0. The number of carboxylic acid groups (broad SMARTS) is 1. The second kappa shape index (κ2) is 9.28. The first-order chi connectivity index (χ1) is 15.9. The van der Waals surface area contributed by atoms with Crippen molar-refractivity contribution >= 4 is 28.6 Å². The van der Waals surface area contributed by atoms with Gasteiger partial charge in [-0.25, -0.2) is 9.78 Å². The van der Waals surface area contributed by atoms with E-state index < -0.39 is 5.97 Å². The molecule has 33 heavy (non-hydrogen) atoms. The number of imidazole rings is 1. The van der Waals surface area contributed by atoms with Crippen LogP contribution in [-0.2, 0) is 11.2 Å². The highest BCUT2D eigenvalue weighted by Gasteiger charge is 2.16. The van der Waals surface area contributed by atoms with E-state index in [1.54, 1.807) is 12.1 Å². The van der Waals surface area contributed by atoms with Crippen molar-refractivity contribution in [1.29, 1.82) is 0 Å². The van der Waals surface area contributed by atoms with Crippen LogP contribution in [0.2, 0.25) is 0 Å². The number of amides is 1. The number of nitrogens with one attached hydrogen (secondary N) is 1. The smallest absolute Gasteiger partial charge is 0.336 e. The van der Waals surface area contributed by atoms with Crippen LogP contribution in [0.3, 0.4) is 0 Å². The lowest BCUT2D eigenvalue weighted by Gasteiger charge is -2.14. The number of fused-ring (bicyclic) bond motifs is 1. The summed E-state index contributed by atoms with van der Waals surface area (Å²) < 4.78 is 2.16. The zero-order chi connectivity index (χ0) is 23.5. The summed E-state index contributed by atoms with van der Waals surface area (Å²) >= 11 is 0. The number of rotatable bonds is 7. The lowest BCUT2D eigenvalue weighted by Crippen LogP contribution is -2.05. The molecule has 0 radical (unpaired) electrons. The maximum Gasteiger partial charge on any atom is 0.336 e. The van der Waals surface area contributed by atoms with Gasteiger partial charge in [0.15, 0.2) is 0 Å². The Bertz CT molecular complexity index is 1350. The molecule has 0 aliphatic carbocycles. The third-order valence-corrected chi connectivity index (χ3v) is 5.71. The van der Waals surface area contributed by atoms with Crippen LogP contribution in [0.4, 0.5) is 5.69 Å². The number of aryl methyl sites for hydroxylation is 2. The van der Waals surface area contributed by atoms with Crippen LogP contribution in [0.25, 0.3) is 27.8 Å². The molecule has 4 aromatic rings. The molecule has 1 aromatic heterocycles. The number of unbranched alkanes of at least 4 members (excludes halogenated alkanes) is 1. The Balaban J connectivity index is 1.83. The topological polar surface area (TPSA) is 84.2 Å². The van der Waals surface area contributed by atoms with Crippen molar-refractivity contribution in [3.63, 3.8) is 0 Å². The maximum atomic E-state index is 11.7. The van der Waals surface area contributed by atoms with E-state index in [1.807, 2.05) is 49.4 Å². The van der Waals surface area contributed by atoms with Crippen molar-refractivity contribution in [1.82, 2.24) is 9.55 Å². The summed E-state index contributed by atoms with van der Waals surface area (Å²) in [5.74, 6) is -0.0933. The fourth-order valence-corrected chi connectivity index (χ4v) is 4.20. The third-order valence-electron chi connectivity index (χ3n) is 5.71. The molecule has 0 saturated heterocycles. The molecule has 0 aliphatic heterocycles. The minimum atomic E-state index is -0.938. The van der Waals surface area contributed by atoms with Gasteiger partial charge in [0.1, 0.15) is 5.82 Å². The molecule has 2 N–H and O–H groups in total. The maximum absolute atomic E-state index is 11.7. The predicted octanol–water partition coefficient (Wildman–Crippen LogP) is 6.00. The first kappa shape index (κ1) is 22.3. The van der Waals surface area contributed by atoms with Gasteiger partial charge in [-0.05, 0) is 66.4 Å². The first-order valence-corrected chi connectivity index (χ1v) is 11.1. The van der Waals surface area contributed by atoms with Gasteiger partial charge in [0.2, 0.25) is 5.91 Å². The number of anilines is 1. The second-order valence-corrected chi connectivity index (χ2v) is 8.20. The standard InChI is InChI=1S/C27H27N3O3/c1-4-5-10-26-29-24-16-19(28-18(3)31)11-14-25(24)30(26)20-12-13-21(17(2)15-20)22-8-6-7-9-23(22)27(32)33/h6-9,11-16H,4-5,10H2,1-3H3,(H,28,31)(H,32,33). The zero-order valence-corrected chi connectivity index (χ0v) is 19.1. The number of carbonyl (C=O) groups is 2. The number of hydrogen-bond donors (Lipinski definition) is 2. The Morgan fingerprint density at radius 2 is 1.82 bits per heavy atom. The molecule has 168 valence electrons. The Kier molecular flexibility index (Phi) is 6.27. The van der Waals surface area contributed by atoms with Gasteiger partial charge in [-0.3, -0.25) is 9.36 Å². The van der Waals surface area contributed by atoms with Crippen LogP contribution in [0.5, 0.6) is 0 Å². The van der Waals surface area contributed by atoms with Gasteiger partial charge in [0, 0.05) is 24.7 Å². The SMILES string of the molecule is CCCCc1nc2cc(NC(C)=O)ccc2n1-c1ccc(-c2ccccc2C(=O)O)c(C)c1. The highest BCUT2D eigenvalue weighted by molar-refractivity contribution is 5.96. The van der Waals surface area contributed by atoms with E-state index in [0.717, 1.165) is 58.6 Å². The summed E-state index contributed by atoms with van der Waals surface area (Å²) in [6, 6.07) is 18.9. The van der Waals surface area contributed by atoms with E-state index >= 15 is 0 Å². The van der Waals surface area contributed by atoms with Gasteiger partial charge in [-0.2, -0.15) is 0 Å². The lowest BCUT2D eigenvalue weighted by molar-refractivity contribution is -0.114. The fraction of sp³-hybridized carbons (Fsp3) is 0.222. The lowest BCUT2D eigenvalue weighted by atomic mass is 9.95. The number of aromatic carboxylic acids is 1. The quantitative estimate of drug-likeness (QED) is 0.368. The van der Waals surface area contributed by atoms with Crippen LogP contribution in [0.15, 0.2) is 60.7 Å². The van der Waals surface area contributed by atoms with Gasteiger partial charge in [-0.15, -0.1) is 0 Å². The van der Waals surface area contributed by atoms with Gasteiger partial charge in [0.05, 0.1) is 16.6 Å². The van der Waals surface area contributed by atoms with Gasteiger partial charge in [-0.1, -0.05) is 37.6 Å². The van der Waals surface area contributed by atoms with Crippen molar-refractivity contribution in [3.05, 3.63) is 77.6 Å². The summed E-state index contributed by atoms with van der Waals surface area (Å²) in [6.45, 7) is 5.64. The van der Waals surface area contributed by atoms with E-state index in [0.29, 0.717) is 5.56 Å². The summed E-state index contributed by atoms with van der Waals surface area (Å²) in [6.07, 6.45) is 2.92. The third kappa shape index (κ3) is 4.51. The summed E-state index contributed by atoms with van der Waals surface area (Å²) in [5.41, 5.74) is 6.36. The summed E-state index contributed by atoms with van der Waals surface area (Å²) in [5, 5.41) is 12.4. The molecular weight excluding hydrogens is 414 g/mol. The van der Waals surface area contributed by atoms with E-state index in [-0.39, 0.29) is 11.5 Å². The average Bonchev–Trinajstić information content (AvgIpc) is 3.14. The average molecular weight is 442 g/mol. The predicted molar refractivity (Wildman–Crippen MR) is 131 cm³/mol. The Labute approximate surface area is 192 Å². The van der Waals surface area contributed by atoms with Crippen LogP contribution in [-0.4, -0.2) is 26.5 Å². The molecule has 3 aromatic carbocycles. The number of benzene rings is 3. The highest BCUT2D eigenvalue weighted by Crippen LogP contribution is 2.31. The van der Waals surface area contributed by atoms with Gasteiger partial charge < -0.3 is 10.4 Å². The van der Waals surface area contributed by atoms with Crippen molar-refractivity contribution in [2.75, 3.05) is 5.32 Å². The van der Waals surface area contributed by atoms with Crippen LogP contribution in [0.1, 0.15) is 48.4 Å². The molecule has 0 spiro atoms. The van der Waals surface area contributed by atoms with Crippen molar-refractivity contribution < 1.29 is 14.7 Å². The molecule has 0 atom stereocenters. The molecular formula is C27H27N3O3. The fourth-order valence-electron chi connectivity index (χ4n) is 4.20. The summed E-state index contributed by atoms with van der Waals surface area (Å²) in [4.78, 5) is 28.0. The van der Waals surface area contributed by atoms with Crippen LogP contribution < -0.4 is 5.32 Å². The molecule has 6 heteroatoms. The zero-order valence-electron chi connectivity index (χ0n) is 19.1. The molecule has 6 nitrogen and oxygen atoms in total. The molecule has 4 rings (SSSR count). The van der Waals surface area contributed by atoms with E-state index in [9.17, 15) is 14.7 Å². The minimum absolute atomic E-state index is 0.118. The number of nitrogens with zero attached hydrogens (tertiary/aromatic N) is 2. The molecule has 0 unspecified atom stereocenters. The molecule has 0 fully saturated rings. The minimum Gasteiger partial charge on any atom is -0.478 e. The van der Waals surface area contributed by atoms with Gasteiger partial charge in [0.25, 0.3) is 0 Å². The molecule has 0 aliphatic rings. The second-order valence-electron chi connectivity index (χ2n) is 8.20. The molecule has 1 amide bonds. The van der Waals surface area contributed by atoms with Crippen molar-refractivity contribution in [3.8, 4) is 16.8 Å². The number of carboxylic acids is 1. The molecule has 0 bridgehead atoms. The largest absolute Gasteiger partial charge is 0.478 e. The van der Waals surface area contributed by atoms with Crippen molar-refractivity contribution in [2.45, 2.75) is 40.0 Å². The van der Waals surface area contributed by atoms with Crippen molar-refractivity contribution in [2.24, 2.45) is 0 Å². The molecule has 1 heterocycles. The van der Waals surface area contributed by atoms with E-state index in [4.69, 9.17) is 4.98 Å².